The molecule has 0 fully saturated rings. The van der Waals surface area contributed by atoms with Gasteiger partial charge in [0.2, 0.25) is 0 Å². The quantitative estimate of drug-likeness (QED) is 0.653. The molecule has 1 atom stereocenters. The number of nitrogens with two attached hydrogens (primary N) is 1. The minimum Gasteiger partial charge on any atom is -0.382 e. The van der Waals surface area contributed by atoms with Gasteiger partial charge in [0.1, 0.15) is 6.67 Å². The van der Waals surface area contributed by atoms with Crippen LogP contribution in [0, 0.1) is 13.8 Å². The molecule has 3 aromatic heterocycles. The SMILES string of the molecule is COC[C@@H](CF)n1cc(C)c2nc(-c3ccc(C(C)C)nc3CN)c(C)cc21. The van der Waals surface area contributed by atoms with Crippen molar-refractivity contribution in [2.75, 3.05) is 20.4 Å². The Bertz CT molecular complexity index is 980. The molecule has 0 radical (unpaired) electrons. The van der Waals surface area contributed by atoms with E-state index >= 15 is 0 Å². The van der Waals surface area contributed by atoms with Gasteiger partial charge in [0.25, 0.3) is 0 Å². The summed E-state index contributed by atoms with van der Waals surface area (Å²) in [5.74, 6) is 0.339. The van der Waals surface area contributed by atoms with Crippen LogP contribution in [0.15, 0.2) is 24.4 Å². The number of hydrogen-bond donors (Lipinski definition) is 1. The van der Waals surface area contributed by atoms with E-state index in [2.05, 4.69) is 26.0 Å². The largest absolute Gasteiger partial charge is 0.382 e. The van der Waals surface area contributed by atoms with Crippen LogP contribution in [-0.4, -0.2) is 34.9 Å². The third-order valence-electron chi connectivity index (χ3n) is 5.14. The highest BCUT2D eigenvalue weighted by Gasteiger charge is 2.19. The summed E-state index contributed by atoms with van der Waals surface area (Å²) in [6.07, 6.45) is 1.95. The summed E-state index contributed by atoms with van der Waals surface area (Å²) in [7, 11) is 1.59. The standard InChI is InChI=1S/C22H29FN4O/c1-13(2)18-7-6-17(19(10-24)25-18)21-14(3)8-20-22(26-21)15(4)11-27(20)16(9-23)12-28-5/h6-8,11,13,16H,9-10,12,24H2,1-5H3/t16-/m1/s1. The number of ether oxygens (including phenoxy) is 1. The maximum absolute atomic E-state index is 13.6. The van der Waals surface area contributed by atoms with Crippen LogP contribution in [0.5, 0.6) is 0 Å². The first kappa shape index (κ1) is 20.4. The Balaban J connectivity index is 2.17. The van der Waals surface area contributed by atoms with Gasteiger partial charge in [-0.3, -0.25) is 4.98 Å². The molecule has 0 aliphatic rings. The van der Waals surface area contributed by atoms with Crippen LogP contribution in [-0.2, 0) is 11.3 Å². The van der Waals surface area contributed by atoms with Crippen molar-refractivity contribution in [1.29, 1.82) is 0 Å². The Hall–Kier alpha value is -2.31. The lowest BCUT2D eigenvalue weighted by Crippen LogP contribution is -2.16. The van der Waals surface area contributed by atoms with Gasteiger partial charge in [-0.2, -0.15) is 0 Å². The van der Waals surface area contributed by atoms with Crippen molar-refractivity contribution in [3.8, 4) is 11.3 Å². The molecule has 2 N–H and O–H groups in total. The number of halogens is 1. The van der Waals surface area contributed by atoms with E-state index < -0.39 is 6.67 Å². The first-order valence-corrected chi connectivity index (χ1v) is 9.65. The molecule has 5 nitrogen and oxygen atoms in total. The average Bonchev–Trinajstić information content (AvgIpc) is 3.00. The van der Waals surface area contributed by atoms with Gasteiger partial charge < -0.3 is 15.0 Å². The van der Waals surface area contributed by atoms with Crippen molar-refractivity contribution in [1.82, 2.24) is 14.5 Å². The average molecular weight is 384 g/mol. The minimum absolute atomic E-state index is 0.318. The first-order chi connectivity index (χ1) is 13.4. The third-order valence-corrected chi connectivity index (χ3v) is 5.14. The summed E-state index contributed by atoms with van der Waals surface area (Å²) in [5, 5.41) is 0. The smallest absolute Gasteiger partial charge is 0.112 e. The van der Waals surface area contributed by atoms with E-state index in [1.54, 1.807) is 7.11 Å². The number of nitrogens with zero attached hydrogens (tertiary/aromatic N) is 3. The predicted molar refractivity (Wildman–Crippen MR) is 111 cm³/mol. The molecule has 0 saturated carbocycles. The van der Waals surface area contributed by atoms with Crippen LogP contribution in [0.4, 0.5) is 4.39 Å². The van der Waals surface area contributed by atoms with Gasteiger partial charge in [-0.25, -0.2) is 9.37 Å². The van der Waals surface area contributed by atoms with Gasteiger partial charge in [-0.05, 0) is 49.1 Å². The lowest BCUT2D eigenvalue weighted by atomic mass is 10.0. The molecular weight excluding hydrogens is 355 g/mol. The number of aromatic nitrogens is 3. The van der Waals surface area contributed by atoms with Crippen molar-refractivity contribution >= 4 is 11.0 Å². The number of fused-ring (bicyclic) bond motifs is 1. The van der Waals surface area contributed by atoms with Gasteiger partial charge in [0.05, 0.1) is 35.1 Å². The highest BCUT2D eigenvalue weighted by molar-refractivity contribution is 5.84. The predicted octanol–water partition coefficient (Wildman–Crippen LogP) is 4.45. The fourth-order valence-electron chi connectivity index (χ4n) is 3.60. The molecule has 0 spiro atoms. The van der Waals surface area contributed by atoms with Crippen LogP contribution >= 0.6 is 0 Å². The summed E-state index contributed by atoms with van der Waals surface area (Å²) < 4.78 is 20.7. The Kier molecular flexibility index (Phi) is 6.10. The summed E-state index contributed by atoms with van der Waals surface area (Å²) in [4.78, 5) is 9.69. The topological polar surface area (TPSA) is 66.0 Å². The van der Waals surface area contributed by atoms with Crippen molar-refractivity contribution in [2.24, 2.45) is 5.73 Å². The molecule has 3 heterocycles. The molecule has 0 aromatic carbocycles. The lowest BCUT2D eigenvalue weighted by Gasteiger charge is -2.17. The zero-order valence-corrected chi connectivity index (χ0v) is 17.3. The number of pyridine rings is 2. The van der Waals surface area contributed by atoms with Gasteiger partial charge in [0, 0.05) is 31.1 Å². The lowest BCUT2D eigenvalue weighted by molar-refractivity contribution is 0.142. The molecule has 0 aliphatic carbocycles. The van der Waals surface area contributed by atoms with Gasteiger partial charge in [-0.15, -0.1) is 0 Å². The second-order valence-corrected chi connectivity index (χ2v) is 7.59. The van der Waals surface area contributed by atoms with E-state index in [0.29, 0.717) is 19.1 Å². The maximum Gasteiger partial charge on any atom is 0.112 e. The van der Waals surface area contributed by atoms with Crippen molar-refractivity contribution < 1.29 is 9.13 Å². The summed E-state index contributed by atoms with van der Waals surface area (Å²) in [6.45, 7) is 8.43. The van der Waals surface area contributed by atoms with E-state index in [4.69, 9.17) is 20.4 Å². The summed E-state index contributed by atoms with van der Waals surface area (Å²) in [5.41, 5.74) is 13.5. The van der Waals surface area contributed by atoms with Gasteiger partial charge in [-0.1, -0.05) is 13.8 Å². The fourth-order valence-corrected chi connectivity index (χ4v) is 3.60. The highest BCUT2D eigenvalue weighted by atomic mass is 19.1. The Morgan fingerprint density at radius 2 is 1.93 bits per heavy atom. The Morgan fingerprint density at radius 1 is 1.18 bits per heavy atom. The third kappa shape index (κ3) is 3.66. The molecule has 0 bridgehead atoms. The second kappa shape index (κ2) is 8.37. The summed E-state index contributed by atoms with van der Waals surface area (Å²) in [6, 6.07) is 5.81. The number of aryl methyl sites for hydroxylation is 2. The molecule has 6 heteroatoms. The number of hydrogen-bond acceptors (Lipinski definition) is 4. The molecule has 3 rings (SSSR count). The highest BCUT2D eigenvalue weighted by Crippen LogP contribution is 2.31. The summed E-state index contributed by atoms with van der Waals surface area (Å²) >= 11 is 0. The van der Waals surface area contributed by atoms with E-state index in [1.165, 1.54) is 0 Å². The number of alkyl halides is 1. The maximum atomic E-state index is 13.6. The molecule has 0 unspecified atom stereocenters. The Labute approximate surface area is 165 Å². The van der Waals surface area contributed by atoms with Crippen molar-refractivity contribution in [3.63, 3.8) is 0 Å². The number of methoxy groups -OCH3 is 1. The first-order valence-electron chi connectivity index (χ1n) is 9.65. The number of rotatable bonds is 7. The van der Waals surface area contributed by atoms with E-state index in [-0.39, 0.29) is 6.04 Å². The van der Waals surface area contributed by atoms with Crippen LogP contribution in [0.3, 0.4) is 0 Å². The molecule has 150 valence electrons. The normalized spacial score (nSPS) is 12.9. The second-order valence-electron chi connectivity index (χ2n) is 7.59. The van der Waals surface area contributed by atoms with Crippen LogP contribution in [0.1, 0.15) is 48.3 Å². The molecule has 0 saturated heterocycles. The Morgan fingerprint density at radius 3 is 2.54 bits per heavy atom. The van der Waals surface area contributed by atoms with E-state index in [9.17, 15) is 4.39 Å². The van der Waals surface area contributed by atoms with Gasteiger partial charge in [0.15, 0.2) is 0 Å². The molecule has 0 aliphatic heterocycles. The minimum atomic E-state index is -0.490. The molecule has 0 amide bonds. The van der Waals surface area contributed by atoms with E-state index in [0.717, 1.165) is 44.8 Å². The molecule has 28 heavy (non-hydrogen) atoms. The van der Waals surface area contributed by atoms with Crippen LogP contribution in [0.2, 0.25) is 0 Å². The zero-order valence-electron chi connectivity index (χ0n) is 17.3. The van der Waals surface area contributed by atoms with Crippen LogP contribution in [0.25, 0.3) is 22.3 Å². The van der Waals surface area contributed by atoms with Crippen LogP contribution < -0.4 is 5.73 Å². The fraction of sp³-hybridized carbons (Fsp3) is 0.455. The molecular formula is C22H29FN4O. The van der Waals surface area contributed by atoms with Crippen molar-refractivity contribution in [2.45, 2.75) is 46.2 Å². The molecule has 3 aromatic rings. The van der Waals surface area contributed by atoms with Crippen molar-refractivity contribution in [3.05, 3.63) is 46.9 Å². The zero-order chi connectivity index (χ0) is 20.4. The monoisotopic (exact) mass is 384 g/mol. The van der Waals surface area contributed by atoms with Gasteiger partial charge >= 0.3 is 0 Å². The van der Waals surface area contributed by atoms with E-state index in [1.807, 2.05) is 30.7 Å².